The largest absolute Gasteiger partial charge is 0.290 e. The fourth-order valence-electron chi connectivity index (χ4n) is 1.20. The number of Topliss-reactive ketones (excluding diaryl/α,β-unsaturated/α-hetero) is 1. The highest BCUT2D eigenvalue weighted by atomic mass is 79.9. The summed E-state index contributed by atoms with van der Waals surface area (Å²) < 4.78 is 21.3. The first-order valence-corrected chi connectivity index (χ1v) is 7.76. The molecule has 0 heterocycles. The lowest BCUT2D eigenvalue weighted by atomic mass is 10.1. The van der Waals surface area contributed by atoms with Crippen molar-refractivity contribution in [2.24, 2.45) is 0 Å². The van der Waals surface area contributed by atoms with Crippen molar-refractivity contribution in [3.05, 3.63) is 35.4 Å². The highest BCUT2D eigenvalue weighted by molar-refractivity contribution is 9.12. The van der Waals surface area contributed by atoms with E-state index in [1.54, 1.807) is 24.3 Å². The minimum atomic E-state index is -3.72. The third-order valence-electron chi connectivity index (χ3n) is 2.35. The van der Waals surface area contributed by atoms with Crippen molar-refractivity contribution < 1.29 is 13.2 Å². The van der Waals surface area contributed by atoms with Gasteiger partial charge in [0.1, 0.15) is 0 Å². The molecule has 0 saturated carbocycles. The Morgan fingerprint density at radius 3 is 2.24 bits per heavy atom. The lowest BCUT2D eigenvalue weighted by molar-refractivity contribution is 0.1000. The smallest absolute Gasteiger partial charge is 0.261 e. The van der Waals surface area contributed by atoms with Gasteiger partial charge in [0.05, 0.1) is 5.75 Å². The second-order valence-electron chi connectivity index (χ2n) is 3.62. The monoisotopic (exact) mass is 338 g/mol. The Morgan fingerprint density at radius 1 is 1.35 bits per heavy atom. The van der Waals surface area contributed by atoms with Gasteiger partial charge in [-0.2, -0.15) is 0 Å². The molecule has 0 aliphatic carbocycles. The number of benzene rings is 1. The first-order valence-electron chi connectivity index (χ1n) is 4.94. The number of carbonyl (C=O) groups is 1. The van der Waals surface area contributed by atoms with Gasteiger partial charge in [0.25, 0.3) is 3.12 Å². The maximum absolute atomic E-state index is 12.0. The number of alkyl halides is 2. The molecule has 0 bridgehead atoms. The van der Waals surface area contributed by atoms with Crippen molar-refractivity contribution in [1.82, 2.24) is 0 Å². The fraction of sp³-hybridized carbons (Fsp3) is 0.364. The van der Waals surface area contributed by atoms with Crippen molar-refractivity contribution in [1.29, 1.82) is 0 Å². The van der Waals surface area contributed by atoms with E-state index in [2.05, 4.69) is 15.9 Å². The SMILES string of the molecule is CCS(=O)(=O)[C@@](Cl)(Br)C(=O)c1ccc(C)cc1. The number of hydrogen-bond acceptors (Lipinski definition) is 3. The van der Waals surface area contributed by atoms with E-state index in [9.17, 15) is 13.2 Å². The minimum Gasteiger partial charge on any atom is -0.290 e. The zero-order valence-corrected chi connectivity index (χ0v) is 12.6. The maximum atomic E-state index is 12.0. The van der Waals surface area contributed by atoms with Crippen LogP contribution in [0.25, 0.3) is 0 Å². The van der Waals surface area contributed by atoms with Gasteiger partial charge in [0.2, 0.25) is 5.78 Å². The van der Waals surface area contributed by atoms with Gasteiger partial charge in [-0.05, 0) is 22.9 Å². The summed E-state index contributed by atoms with van der Waals surface area (Å²) in [5.74, 6) is -0.875. The molecule has 1 rings (SSSR count). The number of halogens is 2. The zero-order chi connectivity index (χ0) is 13.3. The number of aryl methyl sites for hydroxylation is 1. The van der Waals surface area contributed by atoms with Crippen LogP contribution in [-0.2, 0) is 9.84 Å². The van der Waals surface area contributed by atoms with Crippen LogP contribution in [0, 0.1) is 6.92 Å². The molecule has 0 spiro atoms. The van der Waals surface area contributed by atoms with Gasteiger partial charge in [-0.25, -0.2) is 8.42 Å². The van der Waals surface area contributed by atoms with E-state index in [4.69, 9.17) is 11.6 Å². The molecule has 0 amide bonds. The lowest BCUT2D eigenvalue weighted by Gasteiger charge is -2.18. The third kappa shape index (κ3) is 2.89. The maximum Gasteiger partial charge on any atom is 0.261 e. The van der Waals surface area contributed by atoms with Gasteiger partial charge < -0.3 is 0 Å². The zero-order valence-electron chi connectivity index (χ0n) is 9.41. The summed E-state index contributed by atoms with van der Waals surface area (Å²) >= 11 is 8.64. The molecule has 0 aliphatic rings. The summed E-state index contributed by atoms with van der Waals surface area (Å²) in [7, 11) is -3.72. The molecule has 0 aliphatic heterocycles. The molecular formula is C11H12BrClO3S. The first kappa shape index (κ1) is 14.7. The molecule has 17 heavy (non-hydrogen) atoms. The van der Waals surface area contributed by atoms with Crippen molar-refractivity contribution in [2.75, 3.05) is 5.75 Å². The molecule has 1 aromatic carbocycles. The molecule has 0 saturated heterocycles. The van der Waals surface area contributed by atoms with Crippen LogP contribution in [0.3, 0.4) is 0 Å². The van der Waals surface area contributed by atoms with E-state index in [1.807, 2.05) is 6.92 Å². The molecule has 1 aromatic rings. The van der Waals surface area contributed by atoms with E-state index in [1.165, 1.54) is 6.92 Å². The molecule has 0 aromatic heterocycles. The summed E-state index contributed by atoms with van der Waals surface area (Å²) in [6, 6.07) is 6.57. The standard InChI is InChI=1S/C11H12BrClO3S/c1-3-17(15,16)11(12,13)10(14)9-6-4-8(2)5-7-9/h4-7H,3H2,1-2H3/t11-/m1/s1. The van der Waals surface area contributed by atoms with Crippen molar-refractivity contribution in [2.45, 2.75) is 17.0 Å². The van der Waals surface area contributed by atoms with Crippen molar-refractivity contribution in [3.63, 3.8) is 0 Å². The van der Waals surface area contributed by atoms with Crippen LogP contribution in [0.4, 0.5) is 0 Å². The number of ketones is 1. The van der Waals surface area contributed by atoms with Gasteiger partial charge in [0, 0.05) is 5.56 Å². The van der Waals surface area contributed by atoms with Gasteiger partial charge in [-0.15, -0.1) is 0 Å². The van der Waals surface area contributed by atoms with Crippen molar-refractivity contribution >= 4 is 43.2 Å². The molecule has 0 N–H and O–H groups in total. The third-order valence-corrected chi connectivity index (χ3v) is 6.79. The number of rotatable bonds is 4. The second-order valence-corrected chi connectivity index (χ2v) is 9.00. The Kier molecular flexibility index (Phi) is 4.38. The van der Waals surface area contributed by atoms with Gasteiger partial charge >= 0.3 is 0 Å². The van der Waals surface area contributed by atoms with Crippen LogP contribution in [-0.4, -0.2) is 23.1 Å². The van der Waals surface area contributed by atoms with Crippen LogP contribution >= 0.6 is 27.5 Å². The average molecular weight is 340 g/mol. The molecule has 3 nitrogen and oxygen atoms in total. The van der Waals surface area contributed by atoms with Gasteiger partial charge in [-0.1, -0.05) is 48.4 Å². The van der Waals surface area contributed by atoms with E-state index < -0.39 is 18.7 Å². The lowest BCUT2D eigenvalue weighted by Crippen LogP contribution is -2.36. The topological polar surface area (TPSA) is 51.2 Å². The Balaban J connectivity index is 3.18. The molecule has 0 unspecified atom stereocenters. The van der Waals surface area contributed by atoms with Crippen LogP contribution < -0.4 is 0 Å². The summed E-state index contributed by atoms with van der Waals surface area (Å²) in [5.41, 5.74) is 1.24. The first-order chi connectivity index (χ1) is 7.72. The quantitative estimate of drug-likeness (QED) is 0.626. The molecule has 1 atom stereocenters. The molecule has 94 valence electrons. The van der Waals surface area contributed by atoms with Crippen LogP contribution in [0.1, 0.15) is 22.8 Å². The Bertz CT molecular complexity index is 520. The minimum absolute atomic E-state index is 0.209. The normalized spacial score (nSPS) is 15.3. The highest BCUT2D eigenvalue weighted by Crippen LogP contribution is 2.34. The second kappa shape index (κ2) is 5.08. The Morgan fingerprint density at radius 2 is 1.82 bits per heavy atom. The number of sulfone groups is 1. The Labute approximate surface area is 114 Å². The van der Waals surface area contributed by atoms with E-state index in [-0.39, 0.29) is 11.3 Å². The van der Waals surface area contributed by atoms with Gasteiger partial charge in [-0.3, -0.25) is 4.79 Å². The summed E-state index contributed by atoms with van der Waals surface area (Å²) in [6.45, 7) is 3.31. The van der Waals surface area contributed by atoms with E-state index in [0.29, 0.717) is 0 Å². The molecule has 6 heteroatoms. The highest BCUT2D eigenvalue weighted by Gasteiger charge is 2.45. The predicted octanol–water partition coefficient (Wildman–Crippen LogP) is 2.90. The number of carbonyl (C=O) groups excluding carboxylic acids is 1. The average Bonchev–Trinajstić information content (AvgIpc) is 2.28. The summed E-state index contributed by atoms with van der Waals surface area (Å²) in [6.07, 6.45) is 0. The van der Waals surface area contributed by atoms with E-state index >= 15 is 0 Å². The Hall–Kier alpha value is -0.390. The van der Waals surface area contributed by atoms with Crippen LogP contribution in [0.5, 0.6) is 0 Å². The molecule has 0 fully saturated rings. The molecular weight excluding hydrogens is 328 g/mol. The van der Waals surface area contributed by atoms with Crippen LogP contribution in [0.15, 0.2) is 24.3 Å². The fourth-order valence-corrected chi connectivity index (χ4v) is 3.31. The van der Waals surface area contributed by atoms with Gasteiger partial charge in [0.15, 0.2) is 9.84 Å². The predicted molar refractivity (Wildman–Crippen MR) is 72.5 cm³/mol. The van der Waals surface area contributed by atoms with Crippen molar-refractivity contribution in [3.8, 4) is 0 Å². The summed E-state index contributed by atoms with van der Waals surface area (Å²) in [5, 5.41) is 0. The number of hydrogen-bond donors (Lipinski definition) is 0. The summed E-state index contributed by atoms with van der Waals surface area (Å²) in [4.78, 5) is 12.0. The van der Waals surface area contributed by atoms with Crippen LogP contribution in [0.2, 0.25) is 0 Å². The molecule has 0 radical (unpaired) electrons. The van der Waals surface area contributed by atoms with E-state index in [0.717, 1.165) is 5.56 Å².